The number of nitrogens with one attached hydrogen (secondary N) is 1. The van der Waals surface area contributed by atoms with Crippen LogP contribution in [-0.4, -0.2) is 41.1 Å². The molecule has 1 aromatic rings. The van der Waals surface area contributed by atoms with Gasteiger partial charge in [-0.25, -0.2) is 0 Å². The molecule has 0 saturated carbocycles. The molecule has 7 nitrogen and oxygen atoms in total. The van der Waals surface area contributed by atoms with Crippen LogP contribution in [0.5, 0.6) is 0 Å². The third-order valence-corrected chi connectivity index (χ3v) is 3.49. The summed E-state index contributed by atoms with van der Waals surface area (Å²) in [5.74, 6) is 0.214. The van der Waals surface area contributed by atoms with Crippen LogP contribution in [0, 0.1) is 0 Å². The van der Waals surface area contributed by atoms with Gasteiger partial charge in [-0.05, 0) is 31.4 Å². The molecule has 1 aliphatic heterocycles. The molecule has 114 valence electrons. The average Bonchev–Trinajstić information content (AvgIpc) is 2.48. The quantitative estimate of drug-likeness (QED) is 0.820. The summed E-state index contributed by atoms with van der Waals surface area (Å²) in [7, 11) is 0. The van der Waals surface area contributed by atoms with Crippen LogP contribution in [-0.2, 0) is 4.79 Å². The predicted octanol–water partition coefficient (Wildman–Crippen LogP) is 0.461. The second-order valence-electron chi connectivity index (χ2n) is 5.24. The number of piperidine rings is 1. The highest BCUT2D eigenvalue weighted by molar-refractivity contribution is 5.90. The van der Waals surface area contributed by atoms with Gasteiger partial charge in [-0.2, -0.15) is 0 Å². The monoisotopic (exact) mass is 291 g/mol. The molecule has 2 amide bonds. The van der Waals surface area contributed by atoms with E-state index in [2.05, 4.69) is 20.4 Å². The minimum atomic E-state index is -0.586. The zero-order valence-corrected chi connectivity index (χ0v) is 12.2. The minimum absolute atomic E-state index is 0.0968. The molecule has 0 aromatic carbocycles. The van der Waals surface area contributed by atoms with Gasteiger partial charge in [0.15, 0.2) is 11.5 Å². The lowest BCUT2D eigenvalue weighted by atomic mass is 10.1. The first-order chi connectivity index (χ1) is 10.1. The lowest BCUT2D eigenvalue weighted by Crippen LogP contribution is -2.48. The van der Waals surface area contributed by atoms with Crippen LogP contribution in [0.2, 0.25) is 0 Å². The van der Waals surface area contributed by atoms with Crippen molar-refractivity contribution in [2.45, 2.75) is 38.6 Å². The molecule has 1 saturated heterocycles. The van der Waals surface area contributed by atoms with E-state index in [1.54, 1.807) is 12.1 Å². The third-order valence-electron chi connectivity index (χ3n) is 3.49. The van der Waals surface area contributed by atoms with Crippen LogP contribution >= 0.6 is 0 Å². The van der Waals surface area contributed by atoms with Crippen molar-refractivity contribution in [2.24, 2.45) is 5.73 Å². The van der Waals surface area contributed by atoms with E-state index < -0.39 is 5.91 Å². The van der Waals surface area contributed by atoms with Crippen molar-refractivity contribution in [1.82, 2.24) is 15.5 Å². The second-order valence-corrected chi connectivity index (χ2v) is 5.24. The zero-order chi connectivity index (χ0) is 15.2. The average molecular weight is 291 g/mol. The lowest BCUT2D eigenvalue weighted by Gasteiger charge is -2.33. The SMILES string of the molecule is CCCC(=O)NC1CCCN(c2ccc(C(N)=O)nn2)C1. The van der Waals surface area contributed by atoms with Gasteiger partial charge in [-0.15, -0.1) is 10.2 Å². The number of primary amides is 1. The van der Waals surface area contributed by atoms with E-state index in [-0.39, 0.29) is 17.6 Å². The van der Waals surface area contributed by atoms with Gasteiger partial charge in [0.2, 0.25) is 5.91 Å². The van der Waals surface area contributed by atoms with Gasteiger partial charge in [0.1, 0.15) is 0 Å². The molecule has 21 heavy (non-hydrogen) atoms. The van der Waals surface area contributed by atoms with Gasteiger partial charge < -0.3 is 16.0 Å². The number of carbonyl (C=O) groups is 2. The molecule has 0 spiro atoms. The van der Waals surface area contributed by atoms with Gasteiger partial charge >= 0.3 is 0 Å². The van der Waals surface area contributed by atoms with Crippen LogP contribution in [0.15, 0.2) is 12.1 Å². The van der Waals surface area contributed by atoms with Crippen LogP contribution in [0.4, 0.5) is 5.82 Å². The van der Waals surface area contributed by atoms with Crippen molar-refractivity contribution < 1.29 is 9.59 Å². The first kappa shape index (κ1) is 15.2. The van der Waals surface area contributed by atoms with Crippen LogP contribution in [0.3, 0.4) is 0 Å². The van der Waals surface area contributed by atoms with Crippen molar-refractivity contribution in [3.05, 3.63) is 17.8 Å². The van der Waals surface area contributed by atoms with Crippen LogP contribution < -0.4 is 16.0 Å². The van der Waals surface area contributed by atoms with Gasteiger partial charge in [-0.1, -0.05) is 6.92 Å². The van der Waals surface area contributed by atoms with E-state index in [4.69, 9.17) is 5.73 Å². The van der Waals surface area contributed by atoms with Gasteiger partial charge in [0, 0.05) is 25.6 Å². The Morgan fingerprint density at radius 1 is 1.43 bits per heavy atom. The molecule has 1 fully saturated rings. The second kappa shape index (κ2) is 7.01. The molecule has 1 unspecified atom stereocenters. The van der Waals surface area contributed by atoms with Crippen molar-refractivity contribution >= 4 is 17.6 Å². The third kappa shape index (κ3) is 4.14. The highest BCUT2D eigenvalue weighted by atomic mass is 16.2. The Balaban J connectivity index is 1.97. The Morgan fingerprint density at radius 3 is 2.86 bits per heavy atom. The van der Waals surface area contributed by atoms with E-state index in [1.807, 2.05) is 6.92 Å². The Hall–Kier alpha value is -2.18. The Labute approximate surface area is 123 Å². The van der Waals surface area contributed by atoms with Crippen molar-refractivity contribution in [3.63, 3.8) is 0 Å². The fraction of sp³-hybridized carbons (Fsp3) is 0.571. The molecule has 2 rings (SSSR count). The van der Waals surface area contributed by atoms with Crippen LogP contribution in [0.25, 0.3) is 0 Å². The predicted molar refractivity (Wildman–Crippen MR) is 78.8 cm³/mol. The van der Waals surface area contributed by atoms with Crippen molar-refractivity contribution in [1.29, 1.82) is 0 Å². The number of nitrogens with zero attached hydrogens (tertiary/aromatic N) is 3. The van der Waals surface area contributed by atoms with E-state index >= 15 is 0 Å². The fourth-order valence-corrected chi connectivity index (χ4v) is 2.46. The molecule has 2 heterocycles. The molecule has 1 aliphatic rings. The maximum absolute atomic E-state index is 11.7. The number of nitrogens with two attached hydrogens (primary N) is 1. The van der Waals surface area contributed by atoms with E-state index in [1.165, 1.54) is 0 Å². The normalized spacial score (nSPS) is 18.3. The number of carbonyl (C=O) groups excluding carboxylic acids is 2. The molecule has 1 aromatic heterocycles. The standard InChI is InChI=1S/C14H21N5O2/c1-2-4-13(20)16-10-5-3-8-19(9-10)12-7-6-11(14(15)21)17-18-12/h6-7,10H,2-5,8-9H2,1H3,(H2,15,21)(H,16,20). The topological polar surface area (TPSA) is 101 Å². The number of hydrogen-bond donors (Lipinski definition) is 2. The largest absolute Gasteiger partial charge is 0.364 e. The zero-order valence-electron chi connectivity index (χ0n) is 12.2. The smallest absolute Gasteiger partial charge is 0.269 e. The summed E-state index contributed by atoms with van der Waals surface area (Å²) < 4.78 is 0. The Bertz CT molecular complexity index is 503. The molecule has 3 N–H and O–H groups in total. The molecule has 7 heteroatoms. The highest BCUT2D eigenvalue weighted by Crippen LogP contribution is 2.17. The minimum Gasteiger partial charge on any atom is -0.364 e. The first-order valence-electron chi connectivity index (χ1n) is 7.28. The number of hydrogen-bond acceptors (Lipinski definition) is 5. The summed E-state index contributed by atoms with van der Waals surface area (Å²) in [4.78, 5) is 24.7. The summed E-state index contributed by atoms with van der Waals surface area (Å²) in [6, 6.07) is 3.45. The van der Waals surface area contributed by atoms with Crippen LogP contribution in [0.1, 0.15) is 43.1 Å². The van der Waals surface area contributed by atoms with Gasteiger partial charge in [0.05, 0.1) is 0 Å². The number of amides is 2. The molecule has 0 bridgehead atoms. The summed E-state index contributed by atoms with van der Waals surface area (Å²) in [6.07, 6.45) is 3.36. The summed E-state index contributed by atoms with van der Waals surface area (Å²) in [5.41, 5.74) is 5.30. The Kier molecular flexibility index (Phi) is 5.08. The number of aromatic nitrogens is 2. The maximum atomic E-state index is 11.7. The van der Waals surface area contributed by atoms with Crippen molar-refractivity contribution in [3.8, 4) is 0 Å². The van der Waals surface area contributed by atoms with Gasteiger partial charge in [0.25, 0.3) is 5.91 Å². The molecule has 0 radical (unpaired) electrons. The van der Waals surface area contributed by atoms with Gasteiger partial charge in [-0.3, -0.25) is 9.59 Å². The number of anilines is 1. The molecule has 0 aliphatic carbocycles. The summed E-state index contributed by atoms with van der Waals surface area (Å²) in [5, 5.41) is 10.9. The van der Waals surface area contributed by atoms with E-state index in [0.29, 0.717) is 18.8 Å². The van der Waals surface area contributed by atoms with Crippen molar-refractivity contribution in [2.75, 3.05) is 18.0 Å². The Morgan fingerprint density at radius 2 is 2.24 bits per heavy atom. The molecule has 1 atom stereocenters. The molecular weight excluding hydrogens is 270 g/mol. The summed E-state index contributed by atoms with van der Waals surface area (Å²) >= 11 is 0. The highest BCUT2D eigenvalue weighted by Gasteiger charge is 2.22. The first-order valence-corrected chi connectivity index (χ1v) is 7.28. The maximum Gasteiger partial charge on any atom is 0.269 e. The number of rotatable bonds is 5. The lowest BCUT2D eigenvalue weighted by molar-refractivity contribution is -0.121. The fourth-order valence-electron chi connectivity index (χ4n) is 2.46. The van der Waals surface area contributed by atoms with E-state index in [0.717, 1.165) is 25.8 Å². The van der Waals surface area contributed by atoms with E-state index in [9.17, 15) is 9.59 Å². The summed E-state index contributed by atoms with van der Waals surface area (Å²) in [6.45, 7) is 3.56. The molecular formula is C14H21N5O2.